The van der Waals surface area contributed by atoms with Gasteiger partial charge in [0.2, 0.25) is 11.8 Å². The molecule has 15 heavy (non-hydrogen) atoms. The van der Waals surface area contributed by atoms with Gasteiger partial charge in [0.1, 0.15) is 11.7 Å². The first-order valence-corrected chi connectivity index (χ1v) is 4.88. The lowest BCUT2D eigenvalue weighted by molar-refractivity contribution is 0.526. The normalized spacial score (nSPS) is 10.6. The highest BCUT2D eigenvalue weighted by molar-refractivity contribution is 6.16. The molecule has 0 fully saturated rings. The lowest BCUT2D eigenvalue weighted by atomic mass is 10.1. The van der Waals surface area contributed by atoms with Gasteiger partial charge in [-0.1, -0.05) is 0 Å². The number of benzene rings is 1. The van der Waals surface area contributed by atoms with Crippen LogP contribution < -0.4 is 0 Å². The van der Waals surface area contributed by atoms with Crippen molar-refractivity contribution in [1.29, 1.82) is 0 Å². The van der Waals surface area contributed by atoms with E-state index in [1.165, 1.54) is 12.1 Å². The molecule has 0 N–H and O–H groups in total. The summed E-state index contributed by atoms with van der Waals surface area (Å²) in [6, 6.07) is 4.55. The monoisotopic (exact) mass is 226 g/mol. The number of hydrogen-bond donors (Lipinski definition) is 0. The number of nitrogens with zero attached hydrogens (tertiary/aromatic N) is 2. The average molecular weight is 227 g/mol. The van der Waals surface area contributed by atoms with E-state index in [4.69, 9.17) is 16.0 Å². The fraction of sp³-hybridized carbons (Fsp3) is 0.200. The maximum Gasteiger partial charge on any atom is 0.247 e. The zero-order valence-corrected chi connectivity index (χ0v) is 8.75. The van der Waals surface area contributed by atoms with E-state index in [1.54, 1.807) is 13.0 Å². The second-order valence-electron chi connectivity index (χ2n) is 3.15. The Morgan fingerprint density at radius 3 is 2.73 bits per heavy atom. The van der Waals surface area contributed by atoms with E-state index in [9.17, 15) is 4.39 Å². The van der Waals surface area contributed by atoms with Crippen LogP contribution in [0.2, 0.25) is 0 Å². The minimum Gasteiger partial charge on any atom is -0.419 e. The predicted molar refractivity (Wildman–Crippen MR) is 54.0 cm³/mol. The molecule has 0 atom stereocenters. The maximum atomic E-state index is 13.1. The van der Waals surface area contributed by atoms with Crippen molar-refractivity contribution in [1.82, 2.24) is 10.2 Å². The predicted octanol–water partition coefficient (Wildman–Crippen LogP) is 2.92. The quantitative estimate of drug-likeness (QED) is 0.739. The second kappa shape index (κ2) is 3.98. The van der Waals surface area contributed by atoms with Crippen LogP contribution in [-0.4, -0.2) is 10.2 Å². The number of aromatic nitrogens is 2. The second-order valence-corrected chi connectivity index (χ2v) is 3.42. The van der Waals surface area contributed by atoms with Gasteiger partial charge in [0, 0.05) is 5.56 Å². The third-order valence-corrected chi connectivity index (χ3v) is 2.10. The van der Waals surface area contributed by atoms with Gasteiger partial charge in [-0.25, -0.2) is 4.39 Å². The van der Waals surface area contributed by atoms with Gasteiger partial charge >= 0.3 is 0 Å². The summed E-state index contributed by atoms with van der Waals surface area (Å²) in [4.78, 5) is 0. The van der Waals surface area contributed by atoms with Crippen molar-refractivity contribution in [2.24, 2.45) is 0 Å². The molecule has 0 amide bonds. The summed E-state index contributed by atoms with van der Waals surface area (Å²) in [5, 5.41) is 7.47. The largest absolute Gasteiger partial charge is 0.419 e. The Labute approximate surface area is 90.9 Å². The molecular weight excluding hydrogens is 219 g/mol. The van der Waals surface area contributed by atoms with E-state index in [2.05, 4.69) is 10.2 Å². The van der Waals surface area contributed by atoms with Crippen LogP contribution in [0.4, 0.5) is 4.39 Å². The fourth-order valence-corrected chi connectivity index (χ4v) is 1.39. The van der Waals surface area contributed by atoms with E-state index in [0.717, 1.165) is 5.56 Å². The molecule has 0 saturated carbocycles. The van der Waals surface area contributed by atoms with Crippen molar-refractivity contribution in [3.63, 3.8) is 0 Å². The van der Waals surface area contributed by atoms with Crippen LogP contribution in [0.1, 0.15) is 11.5 Å². The number of hydrogen-bond acceptors (Lipinski definition) is 3. The number of alkyl halides is 1. The van der Waals surface area contributed by atoms with Crippen LogP contribution in [0.25, 0.3) is 11.5 Å². The van der Waals surface area contributed by atoms with E-state index in [0.29, 0.717) is 11.5 Å². The van der Waals surface area contributed by atoms with Crippen molar-refractivity contribution >= 4 is 11.6 Å². The molecule has 0 radical (unpaired) electrons. The van der Waals surface area contributed by atoms with Crippen LogP contribution in [0, 0.1) is 12.7 Å². The molecule has 0 bridgehead atoms. The zero-order chi connectivity index (χ0) is 10.8. The number of aryl methyl sites for hydroxylation is 1. The molecular formula is C10H8ClFN2O. The minimum absolute atomic E-state index is 0.154. The smallest absolute Gasteiger partial charge is 0.247 e. The summed E-state index contributed by atoms with van der Waals surface area (Å²) < 4.78 is 18.3. The average Bonchev–Trinajstić information content (AvgIpc) is 2.64. The van der Waals surface area contributed by atoms with E-state index >= 15 is 0 Å². The molecule has 2 rings (SSSR count). The van der Waals surface area contributed by atoms with Crippen molar-refractivity contribution in [3.05, 3.63) is 35.5 Å². The lowest BCUT2D eigenvalue weighted by Gasteiger charge is -1.97. The third kappa shape index (κ3) is 2.15. The van der Waals surface area contributed by atoms with Gasteiger partial charge in [0.15, 0.2) is 0 Å². The van der Waals surface area contributed by atoms with Crippen LogP contribution in [-0.2, 0) is 5.88 Å². The van der Waals surface area contributed by atoms with Crippen molar-refractivity contribution in [2.75, 3.05) is 0 Å². The zero-order valence-electron chi connectivity index (χ0n) is 8.00. The molecule has 1 aromatic heterocycles. The Balaban J connectivity index is 2.44. The van der Waals surface area contributed by atoms with Gasteiger partial charge in [-0.05, 0) is 30.7 Å². The molecule has 2 aromatic rings. The Morgan fingerprint density at radius 1 is 1.33 bits per heavy atom. The first kappa shape index (κ1) is 10.1. The summed E-state index contributed by atoms with van der Waals surface area (Å²) in [6.07, 6.45) is 0. The molecule has 5 heteroatoms. The summed E-state index contributed by atoms with van der Waals surface area (Å²) in [5.74, 6) is 0.443. The molecule has 1 heterocycles. The fourth-order valence-electron chi connectivity index (χ4n) is 1.28. The van der Waals surface area contributed by atoms with Gasteiger partial charge in [0.25, 0.3) is 0 Å². The SMILES string of the molecule is Cc1cc(F)cc(-c2nnc(CCl)o2)c1. The molecule has 0 aliphatic carbocycles. The Hall–Kier alpha value is -1.42. The molecule has 0 aliphatic heterocycles. The maximum absolute atomic E-state index is 13.1. The third-order valence-electron chi connectivity index (χ3n) is 1.87. The lowest BCUT2D eigenvalue weighted by Crippen LogP contribution is -1.83. The topological polar surface area (TPSA) is 38.9 Å². The Bertz CT molecular complexity index is 464. The van der Waals surface area contributed by atoms with Gasteiger partial charge in [-0.3, -0.25) is 0 Å². The van der Waals surface area contributed by atoms with Gasteiger partial charge in [-0.15, -0.1) is 21.8 Å². The van der Waals surface area contributed by atoms with Gasteiger partial charge in [-0.2, -0.15) is 0 Å². The summed E-state index contributed by atoms with van der Waals surface area (Å²) in [7, 11) is 0. The van der Waals surface area contributed by atoms with Crippen molar-refractivity contribution in [2.45, 2.75) is 12.8 Å². The van der Waals surface area contributed by atoms with Gasteiger partial charge in [0.05, 0.1) is 0 Å². The van der Waals surface area contributed by atoms with Crippen LogP contribution >= 0.6 is 11.6 Å². The molecule has 78 valence electrons. The Kier molecular flexibility index (Phi) is 2.68. The van der Waals surface area contributed by atoms with Crippen LogP contribution in [0.3, 0.4) is 0 Å². The van der Waals surface area contributed by atoms with E-state index < -0.39 is 0 Å². The molecule has 1 aromatic carbocycles. The van der Waals surface area contributed by atoms with Crippen molar-refractivity contribution < 1.29 is 8.81 Å². The first-order chi connectivity index (χ1) is 7.19. The van der Waals surface area contributed by atoms with Crippen LogP contribution in [0.15, 0.2) is 22.6 Å². The van der Waals surface area contributed by atoms with Gasteiger partial charge < -0.3 is 4.42 Å². The standard InChI is InChI=1S/C10H8ClFN2O/c1-6-2-7(4-8(12)3-6)10-14-13-9(5-11)15-10/h2-4H,5H2,1H3. The highest BCUT2D eigenvalue weighted by Crippen LogP contribution is 2.20. The summed E-state index contributed by atoms with van der Waals surface area (Å²) in [6.45, 7) is 1.80. The molecule has 3 nitrogen and oxygen atoms in total. The summed E-state index contributed by atoms with van der Waals surface area (Å²) >= 11 is 5.52. The summed E-state index contributed by atoms with van der Waals surface area (Å²) in [5.41, 5.74) is 1.37. The number of rotatable bonds is 2. The molecule has 0 saturated heterocycles. The van der Waals surface area contributed by atoms with E-state index in [1.807, 2.05) is 0 Å². The molecule has 0 aliphatic rings. The highest BCUT2D eigenvalue weighted by Gasteiger charge is 2.09. The van der Waals surface area contributed by atoms with Crippen molar-refractivity contribution in [3.8, 4) is 11.5 Å². The number of halogens is 2. The highest BCUT2D eigenvalue weighted by atomic mass is 35.5. The first-order valence-electron chi connectivity index (χ1n) is 4.35. The Morgan fingerprint density at radius 2 is 2.13 bits per heavy atom. The molecule has 0 unspecified atom stereocenters. The van der Waals surface area contributed by atoms with E-state index in [-0.39, 0.29) is 17.6 Å². The minimum atomic E-state index is -0.323. The molecule has 0 spiro atoms. The van der Waals surface area contributed by atoms with Crippen LogP contribution in [0.5, 0.6) is 0 Å².